The van der Waals surface area contributed by atoms with Gasteiger partial charge in [0.25, 0.3) is 0 Å². The molecule has 0 atom stereocenters. The molecule has 12 heavy (non-hydrogen) atoms. The second-order valence-corrected chi connectivity index (χ2v) is 3.14. The number of nitrogens with zero attached hydrogens (tertiary/aromatic N) is 1. The van der Waals surface area contributed by atoms with Crippen LogP contribution in [0.3, 0.4) is 0 Å². The lowest BCUT2D eigenvalue weighted by Gasteiger charge is -2.32. The van der Waals surface area contributed by atoms with E-state index in [1.165, 1.54) is 0 Å². The lowest BCUT2D eigenvalue weighted by atomic mass is 9.92. The van der Waals surface area contributed by atoms with E-state index in [1.807, 2.05) is 11.9 Å². The first-order valence-electron chi connectivity index (χ1n) is 3.69. The van der Waals surface area contributed by atoms with Gasteiger partial charge in [-0.2, -0.15) is 0 Å². The normalized spacial score (nSPS) is 22.8. The molecule has 0 spiro atoms. The number of hydrogen-bond donors (Lipinski definition) is 2. The van der Waals surface area contributed by atoms with Gasteiger partial charge in [-0.1, -0.05) is 0 Å². The molecule has 0 aromatic rings. The number of aliphatic carboxylic acids is 1. The fraction of sp³-hybridized carbons (Fsp3) is 0.857. The third-order valence-corrected chi connectivity index (χ3v) is 2.21. The first-order chi connectivity index (χ1) is 5.04. The van der Waals surface area contributed by atoms with Crippen molar-refractivity contribution in [1.29, 1.82) is 0 Å². The summed E-state index contributed by atoms with van der Waals surface area (Å²) in [7, 11) is 1.92. The van der Waals surface area contributed by atoms with Crippen LogP contribution in [-0.4, -0.2) is 46.8 Å². The number of rotatable bonds is 1. The largest absolute Gasteiger partial charge is 0.479 e. The van der Waals surface area contributed by atoms with Crippen molar-refractivity contribution < 1.29 is 15.0 Å². The van der Waals surface area contributed by atoms with Crippen molar-refractivity contribution in [2.45, 2.75) is 18.4 Å². The fourth-order valence-electron chi connectivity index (χ4n) is 1.20. The minimum atomic E-state index is -1.47. The van der Waals surface area contributed by atoms with E-state index in [4.69, 9.17) is 5.11 Å². The molecule has 0 saturated carbocycles. The number of piperidine rings is 1. The third kappa shape index (κ3) is 2.33. The topological polar surface area (TPSA) is 60.8 Å². The Kier molecular flexibility index (Phi) is 3.96. The van der Waals surface area contributed by atoms with Gasteiger partial charge in [0.1, 0.15) is 0 Å². The summed E-state index contributed by atoms with van der Waals surface area (Å²) in [5.74, 6) is -1.09. The Labute approximate surface area is 77.6 Å². The number of carbonyl (C=O) groups is 1. The summed E-state index contributed by atoms with van der Waals surface area (Å²) in [6.45, 7) is 1.31. The molecule has 1 fully saturated rings. The second kappa shape index (κ2) is 4.07. The van der Waals surface area contributed by atoms with Crippen LogP contribution in [0, 0.1) is 0 Å². The molecule has 0 amide bonds. The molecular formula is C7H14ClNO3. The molecule has 0 unspecified atom stereocenters. The molecule has 2 N–H and O–H groups in total. The zero-order valence-corrected chi connectivity index (χ0v) is 7.80. The van der Waals surface area contributed by atoms with Crippen molar-refractivity contribution in [1.82, 2.24) is 4.90 Å². The van der Waals surface area contributed by atoms with Crippen LogP contribution in [-0.2, 0) is 4.79 Å². The molecule has 5 heteroatoms. The number of hydrogen-bond acceptors (Lipinski definition) is 3. The molecule has 1 rings (SSSR count). The maximum atomic E-state index is 10.5. The molecule has 1 aliphatic rings. The Morgan fingerprint density at radius 1 is 1.42 bits per heavy atom. The molecule has 72 valence electrons. The number of carboxylic acids is 1. The Morgan fingerprint density at radius 2 is 1.83 bits per heavy atom. The van der Waals surface area contributed by atoms with Gasteiger partial charge in [0.2, 0.25) is 0 Å². The Balaban J connectivity index is 0.00000121. The molecule has 0 bridgehead atoms. The minimum absolute atomic E-state index is 0. The molecule has 0 aliphatic carbocycles. The summed E-state index contributed by atoms with van der Waals surface area (Å²) in [6.07, 6.45) is 0.664. The molecular weight excluding hydrogens is 182 g/mol. The van der Waals surface area contributed by atoms with Crippen LogP contribution in [0.1, 0.15) is 12.8 Å². The first kappa shape index (κ1) is 11.7. The molecule has 0 aromatic carbocycles. The number of likely N-dealkylation sites (tertiary alicyclic amines) is 1. The van der Waals surface area contributed by atoms with Crippen LogP contribution in [0.25, 0.3) is 0 Å². The molecule has 1 saturated heterocycles. The van der Waals surface area contributed by atoms with Crippen molar-refractivity contribution in [2.75, 3.05) is 20.1 Å². The van der Waals surface area contributed by atoms with Crippen LogP contribution in [0.2, 0.25) is 0 Å². The van der Waals surface area contributed by atoms with E-state index in [-0.39, 0.29) is 12.4 Å². The minimum Gasteiger partial charge on any atom is -0.479 e. The van der Waals surface area contributed by atoms with Crippen LogP contribution in [0.4, 0.5) is 0 Å². The van der Waals surface area contributed by atoms with Gasteiger partial charge >= 0.3 is 5.97 Å². The van der Waals surface area contributed by atoms with Crippen molar-refractivity contribution in [3.8, 4) is 0 Å². The van der Waals surface area contributed by atoms with Crippen molar-refractivity contribution in [3.05, 3.63) is 0 Å². The SMILES string of the molecule is CN1CCC(O)(C(=O)O)CC1.Cl. The van der Waals surface area contributed by atoms with Crippen LogP contribution in [0.15, 0.2) is 0 Å². The van der Waals surface area contributed by atoms with Crippen LogP contribution in [0.5, 0.6) is 0 Å². The Hall–Kier alpha value is -0.320. The smallest absolute Gasteiger partial charge is 0.335 e. The highest BCUT2D eigenvalue weighted by Gasteiger charge is 2.38. The predicted molar refractivity (Wildman–Crippen MR) is 46.6 cm³/mol. The predicted octanol–water partition coefficient (Wildman–Crippen LogP) is -0.0505. The number of halogens is 1. The van der Waals surface area contributed by atoms with Gasteiger partial charge in [-0.05, 0) is 19.9 Å². The maximum Gasteiger partial charge on any atom is 0.335 e. The number of carboxylic acid groups (broad SMARTS) is 1. The molecule has 0 aromatic heterocycles. The summed E-state index contributed by atoms with van der Waals surface area (Å²) in [5, 5.41) is 18.1. The zero-order valence-electron chi connectivity index (χ0n) is 6.99. The molecule has 1 heterocycles. The zero-order chi connectivity index (χ0) is 8.48. The Morgan fingerprint density at radius 3 is 2.17 bits per heavy atom. The molecule has 1 aliphatic heterocycles. The van der Waals surface area contributed by atoms with Gasteiger partial charge in [0, 0.05) is 13.1 Å². The molecule has 4 nitrogen and oxygen atoms in total. The van der Waals surface area contributed by atoms with E-state index >= 15 is 0 Å². The van der Waals surface area contributed by atoms with Crippen LogP contribution >= 0.6 is 12.4 Å². The second-order valence-electron chi connectivity index (χ2n) is 3.14. The van der Waals surface area contributed by atoms with E-state index in [9.17, 15) is 9.90 Å². The van der Waals surface area contributed by atoms with Crippen molar-refractivity contribution >= 4 is 18.4 Å². The number of aliphatic hydroxyl groups is 1. The maximum absolute atomic E-state index is 10.5. The highest BCUT2D eigenvalue weighted by atomic mass is 35.5. The van der Waals surface area contributed by atoms with Gasteiger partial charge in [-0.15, -0.1) is 12.4 Å². The van der Waals surface area contributed by atoms with Crippen molar-refractivity contribution in [3.63, 3.8) is 0 Å². The lowest BCUT2D eigenvalue weighted by Crippen LogP contribution is -2.48. The summed E-state index contributed by atoms with van der Waals surface area (Å²) < 4.78 is 0. The molecule has 0 radical (unpaired) electrons. The fourth-order valence-corrected chi connectivity index (χ4v) is 1.20. The van der Waals surface area contributed by atoms with Gasteiger partial charge in [0.05, 0.1) is 0 Å². The van der Waals surface area contributed by atoms with Crippen molar-refractivity contribution in [2.24, 2.45) is 0 Å². The van der Waals surface area contributed by atoms with Gasteiger partial charge in [-0.3, -0.25) is 0 Å². The van der Waals surface area contributed by atoms with E-state index in [0.29, 0.717) is 25.9 Å². The summed E-state index contributed by atoms with van der Waals surface area (Å²) in [4.78, 5) is 12.5. The highest BCUT2D eigenvalue weighted by molar-refractivity contribution is 5.85. The lowest BCUT2D eigenvalue weighted by molar-refractivity contribution is -0.163. The monoisotopic (exact) mass is 195 g/mol. The van der Waals surface area contributed by atoms with Crippen LogP contribution < -0.4 is 0 Å². The van der Waals surface area contributed by atoms with E-state index in [2.05, 4.69) is 0 Å². The quantitative estimate of drug-likeness (QED) is 0.616. The standard InChI is InChI=1S/C7H13NO3.ClH/c1-8-4-2-7(11,3-5-8)6(9)10;/h11H,2-5H2,1H3,(H,9,10);1H. The average Bonchev–Trinajstić information content (AvgIpc) is 1.95. The Bertz CT molecular complexity index is 166. The van der Waals surface area contributed by atoms with Gasteiger partial charge in [0.15, 0.2) is 5.60 Å². The van der Waals surface area contributed by atoms with E-state index in [0.717, 1.165) is 0 Å². The summed E-state index contributed by atoms with van der Waals surface area (Å²) in [5.41, 5.74) is -1.47. The van der Waals surface area contributed by atoms with Gasteiger partial charge < -0.3 is 15.1 Å². The summed E-state index contributed by atoms with van der Waals surface area (Å²) >= 11 is 0. The first-order valence-corrected chi connectivity index (χ1v) is 3.69. The van der Waals surface area contributed by atoms with E-state index < -0.39 is 11.6 Å². The highest BCUT2D eigenvalue weighted by Crippen LogP contribution is 2.20. The van der Waals surface area contributed by atoms with E-state index in [1.54, 1.807) is 0 Å². The average molecular weight is 196 g/mol. The summed E-state index contributed by atoms with van der Waals surface area (Å²) in [6, 6.07) is 0. The van der Waals surface area contributed by atoms with Gasteiger partial charge in [-0.25, -0.2) is 4.79 Å². The third-order valence-electron chi connectivity index (χ3n) is 2.21.